The number of rotatable bonds is 6. The number of anilines is 3. The van der Waals surface area contributed by atoms with Gasteiger partial charge in [-0.15, -0.1) is 22.7 Å². The highest BCUT2D eigenvalue weighted by Crippen LogP contribution is 2.46. The lowest BCUT2D eigenvalue weighted by molar-refractivity contribution is 1.18. The van der Waals surface area contributed by atoms with Gasteiger partial charge in [-0.2, -0.15) is 0 Å². The molecule has 12 aromatic rings. The number of aromatic nitrogens is 1. The van der Waals surface area contributed by atoms with E-state index >= 15 is 0 Å². The normalized spacial score (nSPS) is 11.8. The molecule has 0 unspecified atom stereocenters. The van der Waals surface area contributed by atoms with Crippen LogP contribution in [0.4, 0.5) is 17.1 Å². The summed E-state index contributed by atoms with van der Waals surface area (Å²) in [5.74, 6) is 0. The molecule has 0 radical (unpaired) electrons. The van der Waals surface area contributed by atoms with Crippen LogP contribution in [0.25, 0.3) is 90.1 Å². The summed E-state index contributed by atoms with van der Waals surface area (Å²) in [7, 11) is 0. The number of benzene rings is 9. The predicted octanol–water partition coefficient (Wildman–Crippen LogP) is 16.3. The first-order valence-corrected chi connectivity index (χ1v) is 21.3. The molecule has 2 nitrogen and oxygen atoms in total. The summed E-state index contributed by atoms with van der Waals surface area (Å²) in [6.45, 7) is 0. The molecule has 9 aromatic carbocycles. The minimum Gasteiger partial charge on any atom is -0.309 e. The van der Waals surface area contributed by atoms with Crippen molar-refractivity contribution in [1.29, 1.82) is 0 Å². The summed E-state index contributed by atoms with van der Waals surface area (Å²) >= 11 is 3.73. The van der Waals surface area contributed by atoms with Gasteiger partial charge in [0.1, 0.15) is 0 Å². The van der Waals surface area contributed by atoms with Gasteiger partial charge in [0.15, 0.2) is 0 Å². The molecule has 4 heteroatoms. The van der Waals surface area contributed by atoms with Crippen molar-refractivity contribution >= 4 is 102 Å². The Balaban J connectivity index is 0.967. The van der Waals surface area contributed by atoms with Crippen molar-refractivity contribution in [3.8, 4) is 27.9 Å². The number of fused-ring (bicyclic) bond motifs is 9. The van der Waals surface area contributed by atoms with E-state index in [1.165, 1.54) is 95.8 Å². The van der Waals surface area contributed by atoms with E-state index in [4.69, 9.17) is 0 Å². The Hall–Kier alpha value is -6.98. The fourth-order valence-electron chi connectivity index (χ4n) is 8.85. The van der Waals surface area contributed by atoms with E-state index in [2.05, 4.69) is 216 Å². The molecule has 272 valence electrons. The van der Waals surface area contributed by atoms with E-state index in [0.717, 1.165) is 11.4 Å². The zero-order valence-corrected chi connectivity index (χ0v) is 33.0. The molecule has 0 amide bonds. The maximum Gasteiger partial charge on any atom is 0.0640 e. The molecule has 0 aliphatic rings. The van der Waals surface area contributed by atoms with E-state index in [0.29, 0.717) is 0 Å². The third-order valence-corrected chi connectivity index (χ3v) is 14.0. The molecule has 58 heavy (non-hydrogen) atoms. The third-order valence-electron chi connectivity index (χ3n) is 11.6. The molecule has 0 aliphatic carbocycles. The molecule has 0 atom stereocenters. The highest BCUT2D eigenvalue weighted by Gasteiger charge is 2.19. The molecule has 3 heterocycles. The Morgan fingerprint density at radius 1 is 0.328 bits per heavy atom. The molecule has 0 N–H and O–H groups in total. The maximum atomic E-state index is 2.43. The average Bonchev–Trinajstić information content (AvgIpc) is 3.97. The number of thiophene rings is 2. The molecule has 0 fully saturated rings. The first-order chi connectivity index (χ1) is 28.7. The van der Waals surface area contributed by atoms with E-state index in [1.807, 2.05) is 22.7 Å². The van der Waals surface area contributed by atoms with Gasteiger partial charge in [-0.25, -0.2) is 0 Å². The zero-order valence-electron chi connectivity index (χ0n) is 31.3. The van der Waals surface area contributed by atoms with Crippen LogP contribution < -0.4 is 4.90 Å². The van der Waals surface area contributed by atoms with Crippen LogP contribution in [0.15, 0.2) is 206 Å². The third kappa shape index (κ3) is 5.30. The minimum atomic E-state index is 1.12. The Kier molecular flexibility index (Phi) is 7.62. The van der Waals surface area contributed by atoms with Crippen molar-refractivity contribution < 1.29 is 0 Å². The number of hydrogen-bond acceptors (Lipinski definition) is 3. The van der Waals surface area contributed by atoms with Crippen LogP contribution in [0.2, 0.25) is 0 Å². The van der Waals surface area contributed by atoms with E-state index < -0.39 is 0 Å². The largest absolute Gasteiger partial charge is 0.309 e. The molecule has 0 saturated carbocycles. The summed E-state index contributed by atoms with van der Waals surface area (Å²) in [6, 6.07) is 75.6. The van der Waals surface area contributed by atoms with Crippen molar-refractivity contribution in [2.24, 2.45) is 0 Å². The highest BCUT2D eigenvalue weighted by atomic mass is 32.1. The molecule has 12 rings (SSSR count). The lowest BCUT2D eigenvalue weighted by Crippen LogP contribution is -2.10. The van der Waals surface area contributed by atoms with Crippen molar-refractivity contribution in [3.63, 3.8) is 0 Å². The van der Waals surface area contributed by atoms with Crippen LogP contribution in [0, 0.1) is 0 Å². The molecule has 3 aromatic heterocycles. The van der Waals surface area contributed by atoms with Gasteiger partial charge in [0, 0.05) is 63.5 Å². The van der Waals surface area contributed by atoms with Gasteiger partial charge in [-0.3, -0.25) is 0 Å². The van der Waals surface area contributed by atoms with Gasteiger partial charge < -0.3 is 9.47 Å². The van der Waals surface area contributed by atoms with Gasteiger partial charge in [-0.1, -0.05) is 121 Å². The Bertz CT molecular complexity index is 3500. The molecular formula is C54H34N2S2. The van der Waals surface area contributed by atoms with Crippen molar-refractivity contribution in [1.82, 2.24) is 4.57 Å². The van der Waals surface area contributed by atoms with Gasteiger partial charge in [0.2, 0.25) is 0 Å². The van der Waals surface area contributed by atoms with Crippen LogP contribution in [-0.2, 0) is 0 Å². The Morgan fingerprint density at radius 3 is 1.57 bits per heavy atom. The second kappa shape index (κ2) is 13.3. The summed E-state index contributed by atoms with van der Waals surface area (Å²) in [5.41, 5.74) is 11.9. The van der Waals surface area contributed by atoms with Crippen molar-refractivity contribution in [2.45, 2.75) is 0 Å². The fourth-order valence-corrected chi connectivity index (χ4v) is 11.1. The van der Waals surface area contributed by atoms with E-state index in [9.17, 15) is 0 Å². The standard InChI is InChI=1S/C54H34N2S2/c1-2-11-39(12-3-1)56-48-17-7-4-13-42(48)46-33-37(25-31-49(46)56)35-21-27-40(28-22-35)55(50-18-10-16-45-43-14-5-9-20-52(43)58-54(45)50)41-29-23-36(24-30-41)38-26-32-53-47(34-38)44-15-6-8-19-51(44)57-53/h1-34H. The van der Waals surface area contributed by atoms with E-state index in [1.54, 1.807) is 0 Å². The topological polar surface area (TPSA) is 8.17 Å². The summed E-state index contributed by atoms with van der Waals surface area (Å²) < 4.78 is 7.62. The van der Waals surface area contributed by atoms with Gasteiger partial charge in [0.05, 0.1) is 21.4 Å². The second-order valence-corrected chi connectivity index (χ2v) is 17.0. The quantitative estimate of drug-likeness (QED) is 0.163. The monoisotopic (exact) mass is 774 g/mol. The predicted molar refractivity (Wildman–Crippen MR) is 252 cm³/mol. The molecule has 0 aliphatic heterocycles. The van der Waals surface area contributed by atoms with Gasteiger partial charge in [0.25, 0.3) is 0 Å². The van der Waals surface area contributed by atoms with Crippen LogP contribution in [0.5, 0.6) is 0 Å². The lowest BCUT2D eigenvalue weighted by Gasteiger charge is -2.26. The summed E-state index contributed by atoms with van der Waals surface area (Å²) in [5, 5.41) is 7.75. The highest BCUT2D eigenvalue weighted by molar-refractivity contribution is 7.26. The first kappa shape index (κ1) is 33.2. The fraction of sp³-hybridized carbons (Fsp3) is 0. The maximum absolute atomic E-state index is 2.43. The smallest absolute Gasteiger partial charge is 0.0640 e. The van der Waals surface area contributed by atoms with Crippen molar-refractivity contribution in [2.75, 3.05) is 4.90 Å². The number of nitrogens with zero attached hydrogens (tertiary/aromatic N) is 2. The Labute approximate surface area is 343 Å². The summed E-state index contributed by atoms with van der Waals surface area (Å²) in [6.07, 6.45) is 0. The lowest BCUT2D eigenvalue weighted by atomic mass is 10.0. The zero-order chi connectivity index (χ0) is 38.2. The molecular weight excluding hydrogens is 741 g/mol. The van der Waals surface area contributed by atoms with Crippen LogP contribution in [0.3, 0.4) is 0 Å². The van der Waals surface area contributed by atoms with Crippen LogP contribution >= 0.6 is 22.7 Å². The van der Waals surface area contributed by atoms with Gasteiger partial charge >= 0.3 is 0 Å². The second-order valence-electron chi connectivity index (χ2n) is 14.9. The molecule has 0 saturated heterocycles. The number of hydrogen-bond donors (Lipinski definition) is 0. The average molecular weight is 775 g/mol. The van der Waals surface area contributed by atoms with Crippen molar-refractivity contribution in [3.05, 3.63) is 206 Å². The Morgan fingerprint density at radius 2 is 0.845 bits per heavy atom. The van der Waals surface area contributed by atoms with Crippen LogP contribution in [0.1, 0.15) is 0 Å². The van der Waals surface area contributed by atoms with E-state index in [-0.39, 0.29) is 0 Å². The summed E-state index contributed by atoms with van der Waals surface area (Å²) in [4.78, 5) is 2.43. The SMILES string of the molecule is c1ccc(-n2c3ccccc3c3cc(-c4ccc(N(c5ccc(-c6ccc7sc8ccccc8c7c6)cc5)c5cccc6c5sc5ccccc56)cc4)ccc32)cc1. The first-order valence-electron chi connectivity index (χ1n) is 19.7. The van der Waals surface area contributed by atoms with Crippen LogP contribution in [-0.4, -0.2) is 4.57 Å². The molecule has 0 spiro atoms. The minimum absolute atomic E-state index is 1.12. The van der Waals surface area contributed by atoms with Gasteiger partial charge in [-0.05, 0) is 107 Å². The number of para-hydroxylation sites is 2. The molecule has 0 bridgehead atoms.